The molecule has 1 aliphatic rings. The van der Waals surface area contributed by atoms with Crippen LogP contribution in [0.15, 0.2) is 34.3 Å². The van der Waals surface area contributed by atoms with E-state index in [1.165, 1.54) is 29.1 Å². The molecule has 3 heterocycles. The molecule has 3 rings (SSSR count). The van der Waals surface area contributed by atoms with E-state index >= 15 is 0 Å². The largest absolute Gasteiger partial charge is 0.353 e. The Morgan fingerprint density at radius 2 is 2.00 bits per heavy atom. The Hall–Kier alpha value is -1.70. The standard InChI is InChI=1S/C17H21N3O2S2/c21-16(11-19-17(22)13-5-9-23-12-13)18-10-14(15-4-3-8-24-15)20-6-1-2-7-20/h3-5,8-9,12,14H,1-2,6-7,10-11H2,(H,18,21)(H,19,22). The van der Waals surface area contributed by atoms with Crippen LogP contribution in [0.25, 0.3) is 0 Å². The molecule has 2 N–H and O–H groups in total. The van der Waals surface area contributed by atoms with Crippen molar-refractivity contribution in [2.24, 2.45) is 0 Å². The SMILES string of the molecule is O=C(CNC(=O)c1ccsc1)NCC(c1cccs1)N1CCCC1. The van der Waals surface area contributed by atoms with Crippen molar-refractivity contribution in [3.05, 3.63) is 44.8 Å². The van der Waals surface area contributed by atoms with Gasteiger partial charge in [0, 0.05) is 22.4 Å². The molecular formula is C17H21N3O2S2. The van der Waals surface area contributed by atoms with E-state index in [0.717, 1.165) is 13.1 Å². The van der Waals surface area contributed by atoms with Crippen LogP contribution in [0.3, 0.4) is 0 Å². The summed E-state index contributed by atoms with van der Waals surface area (Å²) in [6.07, 6.45) is 2.43. The molecule has 2 aromatic rings. The Morgan fingerprint density at radius 3 is 2.67 bits per heavy atom. The second-order valence-electron chi connectivity index (χ2n) is 5.77. The van der Waals surface area contributed by atoms with Crippen LogP contribution in [-0.4, -0.2) is 42.9 Å². The van der Waals surface area contributed by atoms with Gasteiger partial charge in [0.2, 0.25) is 5.91 Å². The highest BCUT2D eigenvalue weighted by atomic mass is 32.1. The summed E-state index contributed by atoms with van der Waals surface area (Å²) >= 11 is 3.19. The first-order valence-electron chi connectivity index (χ1n) is 8.08. The summed E-state index contributed by atoms with van der Waals surface area (Å²) in [5, 5.41) is 11.3. The number of carbonyl (C=O) groups excluding carboxylic acids is 2. The first kappa shape index (κ1) is 17.1. The zero-order valence-electron chi connectivity index (χ0n) is 13.4. The topological polar surface area (TPSA) is 61.4 Å². The van der Waals surface area contributed by atoms with Crippen LogP contribution in [0, 0.1) is 0 Å². The molecular weight excluding hydrogens is 342 g/mol. The maximum atomic E-state index is 12.1. The van der Waals surface area contributed by atoms with Crippen LogP contribution in [0.1, 0.15) is 34.1 Å². The van der Waals surface area contributed by atoms with Gasteiger partial charge in [-0.05, 0) is 48.8 Å². The molecule has 1 fully saturated rings. The van der Waals surface area contributed by atoms with Crippen LogP contribution in [0.5, 0.6) is 0 Å². The molecule has 0 aliphatic carbocycles. The Kier molecular flexibility index (Phi) is 6.01. The van der Waals surface area contributed by atoms with Gasteiger partial charge in [0.1, 0.15) is 0 Å². The predicted molar refractivity (Wildman–Crippen MR) is 97.5 cm³/mol. The van der Waals surface area contributed by atoms with Crippen molar-refractivity contribution in [3.63, 3.8) is 0 Å². The number of rotatable bonds is 7. The van der Waals surface area contributed by atoms with Crippen molar-refractivity contribution in [2.75, 3.05) is 26.2 Å². The number of hydrogen-bond acceptors (Lipinski definition) is 5. The van der Waals surface area contributed by atoms with Gasteiger partial charge in [-0.15, -0.1) is 11.3 Å². The van der Waals surface area contributed by atoms with Crippen LogP contribution in [0.2, 0.25) is 0 Å². The Morgan fingerprint density at radius 1 is 1.17 bits per heavy atom. The molecule has 2 amide bonds. The summed E-state index contributed by atoms with van der Waals surface area (Å²) in [4.78, 5) is 27.6. The number of likely N-dealkylation sites (tertiary alicyclic amines) is 1. The summed E-state index contributed by atoms with van der Waals surface area (Å²) in [6, 6.07) is 6.14. The highest BCUT2D eigenvalue weighted by molar-refractivity contribution is 7.10. The molecule has 1 saturated heterocycles. The van der Waals surface area contributed by atoms with Gasteiger partial charge < -0.3 is 10.6 Å². The van der Waals surface area contributed by atoms with Gasteiger partial charge in [0.25, 0.3) is 5.91 Å². The average Bonchev–Trinajstić information content (AvgIpc) is 3.35. The van der Waals surface area contributed by atoms with Crippen molar-refractivity contribution in [2.45, 2.75) is 18.9 Å². The number of nitrogens with one attached hydrogen (secondary N) is 2. The molecule has 5 nitrogen and oxygen atoms in total. The zero-order chi connectivity index (χ0) is 16.8. The molecule has 128 valence electrons. The van der Waals surface area contributed by atoms with Crippen molar-refractivity contribution < 1.29 is 9.59 Å². The number of amides is 2. The van der Waals surface area contributed by atoms with E-state index in [0.29, 0.717) is 12.1 Å². The van der Waals surface area contributed by atoms with E-state index in [9.17, 15) is 9.59 Å². The Balaban J connectivity index is 1.49. The third kappa shape index (κ3) is 4.43. The highest BCUT2D eigenvalue weighted by Gasteiger charge is 2.24. The molecule has 0 spiro atoms. The molecule has 1 aliphatic heterocycles. The monoisotopic (exact) mass is 363 g/mol. The lowest BCUT2D eigenvalue weighted by molar-refractivity contribution is -0.120. The Labute approximate surface area is 149 Å². The smallest absolute Gasteiger partial charge is 0.252 e. The second kappa shape index (κ2) is 8.41. The van der Waals surface area contributed by atoms with Crippen molar-refractivity contribution in [3.8, 4) is 0 Å². The molecule has 24 heavy (non-hydrogen) atoms. The van der Waals surface area contributed by atoms with Crippen LogP contribution in [0.4, 0.5) is 0 Å². The summed E-state index contributed by atoms with van der Waals surface area (Å²) in [5.41, 5.74) is 0.598. The van der Waals surface area contributed by atoms with Crippen LogP contribution >= 0.6 is 22.7 Å². The fourth-order valence-electron chi connectivity index (χ4n) is 2.87. The quantitative estimate of drug-likeness (QED) is 0.794. The molecule has 0 aromatic carbocycles. The molecule has 0 saturated carbocycles. The number of thiophene rings is 2. The lowest BCUT2D eigenvalue weighted by atomic mass is 10.2. The van der Waals surface area contributed by atoms with Gasteiger partial charge >= 0.3 is 0 Å². The summed E-state index contributed by atoms with van der Waals surface area (Å²) in [5.74, 6) is -0.361. The van der Waals surface area contributed by atoms with Gasteiger partial charge in [-0.25, -0.2) is 0 Å². The minimum Gasteiger partial charge on any atom is -0.353 e. The number of hydrogen-bond donors (Lipinski definition) is 2. The zero-order valence-corrected chi connectivity index (χ0v) is 15.0. The van der Waals surface area contributed by atoms with Crippen LogP contribution in [-0.2, 0) is 4.79 Å². The molecule has 2 aromatic heterocycles. The van der Waals surface area contributed by atoms with E-state index in [4.69, 9.17) is 0 Å². The minimum atomic E-state index is -0.208. The normalized spacial score (nSPS) is 16.0. The van der Waals surface area contributed by atoms with Crippen molar-refractivity contribution in [1.82, 2.24) is 15.5 Å². The van der Waals surface area contributed by atoms with Crippen molar-refractivity contribution in [1.29, 1.82) is 0 Å². The van der Waals surface area contributed by atoms with Gasteiger partial charge in [-0.1, -0.05) is 6.07 Å². The van der Waals surface area contributed by atoms with Gasteiger partial charge in [-0.3, -0.25) is 14.5 Å². The number of carbonyl (C=O) groups is 2. The second-order valence-corrected chi connectivity index (χ2v) is 7.53. The maximum Gasteiger partial charge on any atom is 0.252 e. The predicted octanol–water partition coefficient (Wildman–Crippen LogP) is 2.49. The number of nitrogens with zero attached hydrogens (tertiary/aromatic N) is 1. The first-order chi connectivity index (χ1) is 11.7. The maximum absolute atomic E-state index is 12.1. The molecule has 0 radical (unpaired) electrons. The third-order valence-corrected chi connectivity index (χ3v) is 5.80. The Bertz CT molecular complexity index is 649. The minimum absolute atomic E-state index is 0.00579. The highest BCUT2D eigenvalue weighted by Crippen LogP contribution is 2.27. The molecule has 1 atom stereocenters. The van der Waals surface area contributed by atoms with Gasteiger partial charge in [-0.2, -0.15) is 11.3 Å². The van der Waals surface area contributed by atoms with E-state index in [2.05, 4.69) is 27.0 Å². The van der Waals surface area contributed by atoms with Gasteiger partial charge in [0.05, 0.1) is 12.6 Å². The summed E-state index contributed by atoms with van der Waals surface area (Å²) in [7, 11) is 0. The lowest BCUT2D eigenvalue weighted by Crippen LogP contribution is -2.41. The summed E-state index contributed by atoms with van der Waals surface area (Å²) in [6.45, 7) is 2.74. The van der Waals surface area contributed by atoms with E-state index in [-0.39, 0.29) is 24.4 Å². The third-order valence-electron chi connectivity index (χ3n) is 4.14. The molecule has 7 heteroatoms. The summed E-state index contributed by atoms with van der Waals surface area (Å²) < 4.78 is 0. The molecule has 1 unspecified atom stereocenters. The van der Waals surface area contributed by atoms with E-state index in [1.807, 2.05) is 11.4 Å². The lowest BCUT2D eigenvalue weighted by Gasteiger charge is -2.26. The van der Waals surface area contributed by atoms with E-state index in [1.54, 1.807) is 22.8 Å². The van der Waals surface area contributed by atoms with E-state index < -0.39 is 0 Å². The van der Waals surface area contributed by atoms with Crippen molar-refractivity contribution >= 4 is 34.5 Å². The average molecular weight is 364 g/mol. The fourth-order valence-corrected chi connectivity index (χ4v) is 4.37. The van der Waals surface area contributed by atoms with Crippen LogP contribution < -0.4 is 10.6 Å². The molecule has 0 bridgehead atoms. The fraction of sp³-hybridized carbons (Fsp3) is 0.412. The van der Waals surface area contributed by atoms with Gasteiger partial charge in [0.15, 0.2) is 0 Å². The first-order valence-corrected chi connectivity index (χ1v) is 9.91.